The molecule has 8 heteroatoms. The van der Waals surface area contributed by atoms with Crippen LogP contribution < -0.4 is 0 Å². The fourth-order valence-electron chi connectivity index (χ4n) is 4.63. The molecule has 2 bridgehead atoms. The number of rotatable bonds is 1. The Morgan fingerprint density at radius 1 is 1.22 bits per heavy atom. The highest BCUT2D eigenvalue weighted by molar-refractivity contribution is 6.00. The number of aromatic nitrogens is 6. The van der Waals surface area contributed by atoms with Crippen LogP contribution in [0.4, 0.5) is 0 Å². The Hall–Kier alpha value is -3.29. The first kappa shape index (κ1) is 14.8. The Kier molecular flexibility index (Phi) is 2.81. The van der Waals surface area contributed by atoms with Crippen molar-refractivity contribution in [3.05, 3.63) is 59.4 Å². The Morgan fingerprint density at radius 3 is 3.07 bits per heavy atom. The van der Waals surface area contributed by atoms with Crippen molar-refractivity contribution < 1.29 is 4.79 Å². The van der Waals surface area contributed by atoms with Crippen LogP contribution in [0.2, 0.25) is 0 Å². The monoisotopic (exact) mass is 359 g/mol. The molecule has 0 aromatic carbocycles. The lowest BCUT2D eigenvalue weighted by Crippen LogP contribution is -2.42. The molecule has 2 atom stereocenters. The maximum atomic E-state index is 13.4. The highest BCUT2D eigenvalue weighted by Gasteiger charge is 2.44. The van der Waals surface area contributed by atoms with E-state index in [2.05, 4.69) is 20.2 Å². The number of hydrogen-bond acceptors (Lipinski definition) is 5. The summed E-state index contributed by atoms with van der Waals surface area (Å²) in [6.45, 7) is 1.98. The van der Waals surface area contributed by atoms with Gasteiger partial charge >= 0.3 is 0 Å². The predicted molar refractivity (Wildman–Crippen MR) is 96.3 cm³/mol. The molecule has 6 heterocycles. The molecule has 8 nitrogen and oxygen atoms in total. The minimum atomic E-state index is -0.00130. The molecule has 1 saturated heterocycles. The quantitative estimate of drug-likeness (QED) is 0.519. The second-order valence-electron chi connectivity index (χ2n) is 7.33. The number of fused-ring (bicyclic) bond motifs is 7. The average molecular weight is 359 g/mol. The van der Waals surface area contributed by atoms with Crippen LogP contribution in [0.5, 0.6) is 0 Å². The van der Waals surface area contributed by atoms with Gasteiger partial charge in [0, 0.05) is 42.7 Å². The summed E-state index contributed by atoms with van der Waals surface area (Å²) in [5.41, 5.74) is 5.28. The number of hydrogen-bond donors (Lipinski definition) is 0. The minimum Gasteiger partial charge on any atom is -0.328 e. The third-order valence-electron chi connectivity index (χ3n) is 5.77. The lowest BCUT2D eigenvalue weighted by atomic mass is 9.98. The molecule has 1 amide bonds. The standard InChI is InChI=1S/C19H17N7O/c1-11-7-17-21-9-13-15-4-3-12(8-16(13)26(17)23-11)25(15)19(27)14-10-22-24-6-2-5-20-18(14)24/h2,5-7,9-10,12,15H,3-4,8H2,1H3. The van der Waals surface area contributed by atoms with Crippen molar-refractivity contribution in [3.63, 3.8) is 0 Å². The largest absolute Gasteiger partial charge is 0.328 e. The summed E-state index contributed by atoms with van der Waals surface area (Å²) in [5, 5.41) is 8.88. The van der Waals surface area contributed by atoms with Gasteiger partial charge in [-0.1, -0.05) is 0 Å². The zero-order chi connectivity index (χ0) is 18.1. The van der Waals surface area contributed by atoms with Crippen molar-refractivity contribution in [2.75, 3.05) is 0 Å². The zero-order valence-corrected chi connectivity index (χ0v) is 14.8. The van der Waals surface area contributed by atoms with Gasteiger partial charge in [-0.25, -0.2) is 19.0 Å². The first-order valence-electron chi connectivity index (χ1n) is 9.16. The predicted octanol–water partition coefficient (Wildman–Crippen LogP) is 1.98. The zero-order valence-electron chi connectivity index (χ0n) is 14.8. The van der Waals surface area contributed by atoms with Crippen LogP contribution in [0, 0.1) is 6.92 Å². The lowest BCUT2D eigenvalue weighted by Gasteiger charge is -2.36. The third-order valence-corrected chi connectivity index (χ3v) is 5.77. The summed E-state index contributed by atoms with van der Waals surface area (Å²) in [7, 11) is 0. The number of carbonyl (C=O) groups is 1. The number of nitrogens with zero attached hydrogens (tertiary/aromatic N) is 7. The van der Waals surface area contributed by atoms with Crippen LogP contribution in [-0.2, 0) is 6.42 Å². The van der Waals surface area contributed by atoms with E-state index in [1.165, 1.54) is 5.69 Å². The van der Waals surface area contributed by atoms with Gasteiger partial charge in [0.2, 0.25) is 0 Å². The van der Waals surface area contributed by atoms with E-state index >= 15 is 0 Å². The topological polar surface area (TPSA) is 80.7 Å². The summed E-state index contributed by atoms with van der Waals surface area (Å²) in [6.07, 6.45) is 9.77. The van der Waals surface area contributed by atoms with Gasteiger partial charge in [-0.3, -0.25) is 4.79 Å². The van der Waals surface area contributed by atoms with Gasteiger partial charge in [-0.2, -0.15) is 10.2 Å². The number of amides is 1. The first-order valence-corrected chi connectivity index (χ1v) is 9.16. The average Bonchev–Trinajstić information content (AvgIpc) is 3.35. The molecule has 27 heavy (non-hydrogen) atoms. The normalized spacial score (nSPS) is 21.1. The molecule has 4 aromatic heterocycles. The van der Waals surface area contributed by atoms with Crippen LogP contribution in [0.15, 0.2) is 36.9 Å². The molecule has 0 saturated carbocycles. The molecule has 2 unspecified atom stereocenters. The van der Waals surface area contributed by atoms with Crippen LogP contribution in [0.3, 0.4) is 0 Å². The van der Waals surface area contributed by atoms with Crippen molar-refractivity contribution in [1.82, 2.24) is 34.1 Å². The third kappa shape index (κ3) is 1.95. The molecule has 0 spiro atoms. The minimum absolute atomic E-state index is 0.00130. The maximum Gasteiger partial charge on any atom is 0.260 e. The molecule has 134 valence electrons. The van der Waals surface area contributed by atoms with Crippen molar-refractivity contribution in [2.45, 2.75) is 38.3 Å². The van der Waals surface area contributed by atoms with E-state index in [9.17, 15) is 4.79 Å². The second kappa shape index (κ2) is 5.12. The summed E-state index contributed by atoms with van der Waals surface area (Å²) >= 11 is 0. The van der Waals surface area contributed by atoms with Crippen molar-refractivity contribution in [3.8, 4) is 0 Å². The van der Waals surface area contributed by atoms with E-state index in [4.69, 9.17) is 0 Å². The van der Waals surface area contributed by atoms with E-state index in [1.54, 1.807) is 29.2 Å². The first-order chi connectivity index (χ1) is 13.2. The molecule has 4 aromatic rings. The van der Waals surface area contributed by atoms with E-state index < -0.39 is 0 Å². The van der Waals surface area contributed by atoms with Crippen LogP contribution in [0.25, 0.3) is 11.3 Å². The van der Waals surface area contributed by atoms with E-state index in [0.717, 1.165) is 36.2 Å². The van der Waals surface area contributed by atoms with Gasteiger partial charge in [0.25, 0.3) is 5.91 Å². The Labute approximate surface area is 154 Å². The van der Waals surface area contributed by atoms with E-state index in [0.29, 0.717) is 11.2 Å². The molecule has 0 N–H and O–H groups in total. The fraction of sp³-hybridized carbons (Fsp3) is 0.316. The smallest absolute Gasteiger partial charge is 0.260 e. The van der Waals surface area contributed by atoms with Gasteiger partial charge in [-0.15, -0.1) is 0 Å². The van der Waals surface area contributed by atoms with Crippen LogP contribution in [-0.4, -0.2) is 46.0 Å². The summed E-state index contributed by atoms with van der Waals surface area (Å²) < 4.78 is 3.60. The maximum absolute atomic E-state index is 13.4. The molecular weight excluding hydrogens is 342 g/mol. The highest BCUT2D eigenvalue weighted by Crippen LogP contribution is 2.44. The molecule has 6 rings (SSSR count). The van der Waals surface area contributed by atoms with Gasteiger partial charge in [0.1, 0.15) is 5.56 Å². The Bertz CT molecular complexity index is 1220. The summed E-state index contributed by atoms with van der Waals surface area (Å²) in [6, 6.07) is 4.00. The van der Waals surface area contributed by atoms with Gasteiger partial charge in [0.15, 0.2) is 11.3 Å². The van der Waals surface area contributed by atoms with Crippen molar-refractivity contribution in [2.24, 2.45) is 0 Å². The molecular formula is C19H17N7O. The molecule has 1 fully saturated rings. The number of aryl methyl sites for hydroxylation is 1. The van der Waals surface area contributed by atoms with Crippen molar-refractivity contribution in [1.29, 1.82) is 0 Å². The molecule has 2 aliphatic heterocycles. The van der Waals surface area contributed by atoms with E-state index in [1.807, 2.05) is 28.6 Å². The van der Waals surface area contributed by atoms with Gasteiger partial charge in [0.05, 0.1) is 23.6 Å². The Balaban J connectivity index is 1.46. The fourth-order valence-corrected chi connectivity index (χ4v) is 4.63. The van der Waals surface area contributed by atoms with Gasteiger partial charge < -0.3 is 4.90 Å². The van der Waals surface area contributed by atoms with Crippen LogP contribution >= 0.6 is 0 Å². The molecule has 0 radical (unpaired) electrons. The van der Waals surface area contributed by atoms with Crippen LogP contribution in [0.1, 0.15) is 46.2 Å². The van der Waals surface area contributed by atoms with E-state index in [-0.39, 0.29) is 18.0 Å². The lowest BCUT2D eigenvalue weighted by molar-refractivity contribution is 0.0644. The summed E-state index contributed by atoms with van der Waals surface area (Å²) in [4.78, 5) is 24.3. The highest BCUT2D eigenvalue weighted by atomic mass is 16.2. The molecule has 0 aliphatic carbocycles. The van der Waals surface area contributed by atoms with Gasteiger partial charge in [-0.05, 0) is 25.8 Å². The summed E-state index contributed by atoms with van der Waals surface area (Å²) in [5.74, 6) is -0.00130. The Morgan fingerprint density at radius 2 is 2.15 bits per heavy atom. The van der Waals surface area contributed by atoms with Crippen molar-refractivity contribution >= 4 is 17.2 Å². The number of carbonyl (C=O) groups excluding carboxylic acids is 1. The second-order valence-corrected chi connectivity index (χ2v) is 7.33. The SMILES string of the molecule is Cc1cc2ncc3c(n2n1)CC1CCC3N1C(=O)c1cnn2cccnc12. The molecule has 2 aliphatic rings.